The third-order valence-electron chi connectivity index (χ3n) is 5.50. The standard InChI is InChI=1S/C22H20ClN5O2/c1-14-5-2-3-8-17(14)18-12-19-22(29)27(9-10-28(19)25-18)13-20-24-21(26-30-20)15-6-4-7-16(23)11-15/h2-11,18-19,25H,12-13H2,1H3. The predicted molar refractivity (Wildman–Crippen MR) is 112 cm³/mol. The lowest BCUT2D eigenvalue weighted by Crippen LogP contribution is -2.47. The molecule has 30 heavy (non-hydrogen) atoms. The Labute approximate surface area is 178 Å². The molecule has 3 aromatic rings. The van der Waals surface area contributed by atoms with Gasteiger partial charge in [-0.05, 0) is 36.6 Å². The minimum atomic E-state index is -0.269. The Morgan fingerprint density at radius 3 is 2.90 bits per heavy atom. The van der Waals surface area contributed by atoms with E-state index < -0.39 is 0 Å². The molecule has 1 saturated heterocycles. The van der Waals surface area contributed by atoms with Crippen LogP contribution in [0.1, 0.15) is 29.5 Å². The lowest BCUT2D eigenvalue weighted by atomic mass is 9.97. The Bertz CT molecular complexity index is 1130. The molecule has 0 radical (unpaired) electrons. The number of halogens is 1. The zero-order chi connectivity index (χ0) is 20.7. The fourth-order valence-electron chi connectivity index (χ4n) is 3.96. The van der Waals surface area contributed by atoms with E-state index in [0.717, 1.165) is 5.56 Å². The van der Waals surface area contributed by atoms with Gasteiger partial charge in [0.25, 0.3) is 5.91 Å². The second-order valence-corrected chi connectivity index (χ2v) is 7.92. The number of aryl methyl sites for hydroxylation is 1. The molecule has 0 bridgehead atoms. The van der Waals surface area contributed by atoms with Crippen LogP contribution in [0.4, 0.5) is 0 Å². The summed E-state index contributed by atoms with van der Waals surface area (Å²) >= 11 is 6.03. The molecule has 2 aliphatic rings. The minimum Gasteiger partial charge on any atom is -0.337 e. The van der Waals surface area contributed by atoms with Gasteiger partial charge in [0.1, 0.15) is 12.6 Å². The van der Waals surface area contributed by atoms with Crippen LogP contribution in [0.5, 0.6) is 0 Å². The normalized spacial score (nSPS) is 20.7. The highest BCUT2D eigenvalue weighted by Crippen LogP contribution is 2.32. The van der Waals surface area contributed by atoms with Gasteiger partial charge in [-0.1, -0.05) is 53.2 Å². The van der Waals surface area contributed by atoms with E-state index in [-0.39, 0.29) is 24.5 Å². The number of carbonyl (C=O) groups is 1. The Kier molecular flexibility index (Phi) is 4.77. The monoisotopic (exact) mass is 421 g/mol. The number of benzene rings is 2. The Hall–Kier alpha value is -3.16. The Morgan fingerprint density at radius 2 is 2.07 bits per heavy atom. The second-order valence-electron chi connectivity index (χ2n) is 7.48. The van der Waals surface area contributed by atoms with Gasteiger partial charge >= 0.3 is 0 Å². The number of fused-ring (bicyclic) bond motifs is 1. The topological polar surface area (TPSA) is 74.5 Å². The van der Waals surface area contributed by atoms with E-state index in [9.17, 15) is 4.79 Å². The van der Waals surface area contributed by atoms with E-state index in [0.29, 0.717) is 23.2 Å². The smallest absolute Gasteiger partial charge is 0.251 e. The van der Waals surface area contributed by atoms with Crippen molar-refractivity contribution in [3.05, 3.63) is 83.0 Å². The summed E-state index contributed by atoms with van der Waals surface area (Å²) in [6.45, 7) is 2.31. The number of carbonyl (C=O) groups excluding carboxylic acids is 1. The first kappa shape index (κ1) is 18.8. The van der Waals surface area contributed by atoms with E-state index >= 15 is 0 Å². The summed E-state index contributed by atoms with van der Waals surface area (Å²) in [4.78, 5) is 19.1. The first-order valence-electron chi connectivity index (χ1n) is 9.76. The molecule has 0 saturated carbocycles. The number of hydrazine groups is 1. The summed E-state index contributed by atoms with van der Waals surface area (Å²) in [7, 11) is 0. The van der Waals surface area contributed by atoms with Crippen molar-refractivity contribution in [2.24, 2.45) is 0 Å². The van der Waals surface area contributed by atoms with Crippen molar-refractivity contribution in [1.82, 2.24) is 25.5 Å². The number of rotatable bonds is 4. The van der Waals surface area contributed by atoms with Gasteiger partial charge in [0, 0.05) is 23.0 Å². The van der Waals surface area contributed by atoms with Crippen LogP contribution in [0.25, 0.3) is 11.4 Å². The van der Waals surface area contributed by atoms with Crippen LogP contribution in [0.15, 0.2) is 65.5 Å². The van der Waals surface area contributed by atoms with Crippen molar-refractivity contribution in [3.63, 3.8) is 0 Å². The number of aromatic nitrogens is 2. The highest BCUT2D eigenvalue weighted by molar-refractivity contribution is 6.30. The highest BCUT2D eigenvalue weighted by atomic mass is 35.5. The molecule has 152 valence electrons. The fourth-order valence-corrected chi connectivity index (χ4v) is 4.15. The van der Waals surface area contributed by atoms with Gasteiger partial charge in [-0.15, -0.1) is 0 Å². The number of amides is 1. The van der Waals surface area contributed by atoms with Gasteiger partial charge in [0.15, 0.2) is 0 Å². The quantitative estimate of drug-likeness (QED) is 0.690. The average Bonchev–Trinajstić information content (AvgIpc) is 3.38. The van der Waals surface area contributed by atoms with Crippen molar-refractivity contribution in [3.8, 4) is 11.4 Å². The fraction of sp³-hybridized carbons (Fsp3) is 0.227. The van der Waals surface area contributed by atoms with Crippen LogP contribution >= 0.6 is 11.6 Å². The van der Waals surface area contributed by atoms with Crippen LogP contribution in [0.3, 0.4) is 0 Å². The molecule has 5 rings (SSSR count). The van der Waals surface area contributed by atoms with Gasteiger partial charge < -0.3 is 14.4 Å². The highest BCUT2D eigenvalue weighted by Gasteiger charge is 2.40. The largest absolute Gasteiger partial charge is 0.337 e. The molecule has 2 atom stereocenters. The molecule has 8 heteroatoms. The maximum Gasteiger partial charge on any atom is 0.251 e. The Morgan fingerprint density at radius 1 is 1.20 bits per heavy atom. The number of hydrogen-bond acceptors (Lipinski definition) is 6. The van der Waals surface area contributed by atoms with E-state index in [2.05, 4.69) is 34.6 Å². The zero-order valence-electron chi connectivity index (χ0n) is 16.3. The van der Waals surface area contributed by atoms with E-state index in [1.54, 1.807) is 23.2 Å². The molecule has 0 aliphatic carbocycles. The molecular weight excluding hydrogens is 402 g/mol. The second kappa shape index (κ2) is 7.59. The summed E-state index contributed by atoms with van der Waals surface area (Å²) in [5, 5.41) is 6.51. The molecule has 1 fully saturated rings. The van der Waals surface area contributed by atoms with Crippen molar-refractivity contribution >= 4 is 17.5 Å². The molecule has 3 heterocycles. The first-order valence-corrected chi connectivity index (χ1v) is 10.1. The first-order chi connectivity index (χ1) is 14.6. The maximum absolute atomic E-state index is 13.1. The van der Waals surface area contributed by atoms with Crippen molar-refractivity contribution in [2.75, 3.05) is 0 Å². The summed E-state index contributed by atoms with van der Waals surface area (Å²) in [5.74, 6) is 0.825. The van der Waals surface area contributed by atoms with E-state index in [1.165, 1.54) is 11.1 Å². The molecule has 7 nitrogen and oxygen atoms in total. The molecule has 1 amide bonds. The molecule has 2 unspecified atom stereocenters. The van der Waals surface area contributed by atoms with Crippen LogP contribution in [0.2, 0.25) is 5.02 Å². The SMILES string of the molecule is Cc1ccccc1C1CC2C(=O)N(Cc3nc(-c4cccc(Cl)c4)no3)C=CN2N1. The van der Waals surface area contributed by atoms with Gasteiger partial charge in [0.05, 0.1) is 6.04 Å². The van der Waals surface area contributed by atoms with Gasteiger partial charge in [0.2, 0.25) is 11.7 Å². The zero-order valence-corrected chi connectivity index (χ0v) is 17.1. The van der Waals surface area contributed by atoms with Gasteiger partial charge in [-0.3, -0.25) is 4.79 Å². The van der Waals surface area contributed by atoms with E-state index in [4.69, 9.17) is 16.1 Å². The van der Waals surface area contributed by atoms with Crippen molar-refractivity contribution in [1.29, 1.82) is 0 Å². The minimum absolute atomic E-state index is 0.00332. The predicted octanol–water partition coefficient (Wildman–Crippen LogP) is 3.83. The maximum atomic E-state index is 13.1. The van der Waals surface area contributed by atoms with Crippen LogP contribution in [0, 0.1) is 6.92 Å². The lowest BCUT2D eigenvalue weighted by molar-refractivity contribution is -0.135. The summed E-state index contributed by atoms with van der Waals surface area (Å²) < 4.78 is 5.37. The van der Waals surface area contributed by atoms with Crippen molar-refractivity contribution < 1.29 is 9.32 Å². The summed E-state index contributed by atoms with van der Waals surface area (Å²) in [6, 6.07) is 15.3. The Balaban J connectivity index is 1.30. The molecule has 2 aromatic carbocycles. The molecule has 0 spiro atoms. The molecule has 1 aromatic heterocycles. The van der Waals surface area contributed by atoms with Gasteiger partial charge in [-0.25, -0.2) is 5.43 Å². The van der Waals surface area contributed by atoms with Crippen LogP contribution in [-0.4, -0.2) is 32.0 Å². The van der Waals surface area contributed by atoms with Crippen LogP contribution < -0.4 is 5.43 Å². The summed E-state index contributed by atoms with van der Waals surface area (Å²) in [5.41, 5.74) is 6.62. The lowest BCUT2D eigenvalue weighted by Gasteiger charge is -2.30. The summed E-state index contributed by atoms with van der Waals surface area (Å²) in [6.07, 6.45) is 4.33. The number of hydrogen-bond donors (Lipinski definition) is 1. The van der Waals surface area contributed by atoms with Crippen LogP contribution in [-0.2, 0) is 11.3 Å². The number of nitrogens with one attached hydrogen (secondary N) is 1. The third-order valence-corrected chi connectivity index (χ3v) is 5.73. The average molecular weight is 422 g/mol. The third kappa shape index (κ3) is 3.46. The van der Waals surface area contributed by atoms with E-state index in [1.807, 2.05) is 35.5 Å². The molecule has 1 N–H and O–H groups in total. The van der Waals surface area contributed by atoms with Gasteiger partial charge in [-0.2, -0.15) is 4.98 Å². The number of nitrogens with zero attached hydrogens (tertiary/aromatic N) is 4. The molecular formula is C22H20ClN5O2. The van der Waals surface area contributed by atoms with Crippen molar-refractivity contribution in [2.45, 2.75) is 32.0 Å². The molecule has 2 aliphatic heterocycles.